The normalized spacial score (nSPS) is 12.6. The van der Waals surface area contributed by atoms with E-state index >= 15 is 0 Å². The summed E-state index contributed by atoms with van der Waals surface area (Å²) in [5, 5.41) is 2.74. The summed E-state index contributed by atoms with van der Waals surface area (Å²) in [4.78, 5) is 12.5. The lowest BCUT2D eigenvalue weighted by Crippen LogP contribution is -2.41. The number of rotatable bonds is 9. The van der Waals surface area contributed by atoms with Gasteiger partial charge in [-0.25, -0.2) is 12.8 Å². The molecule has 0 saturated carbocycles. The average Bonchev–Trinajstić information content (AvgIpc) is 2.67. The van der Waals surface area contributed by atoms with Gasteiger partial charge in [0.05, 0.1) is 24.1 Å². The van der Waals surface area contributed by atoms with Gasteiger partial charge >= 0.3 is 0 Å². The molecule has 6 nitrogen and oxygen atoms in total. The van der Waals surface area contributed by atoms with E-state index in [2.05, 4.69) is 5.32 Å². The molecule has 0 spiro atoms. The Morgan fingerprint density at radius 1 is 1.11 bits per heavy atom. The zero-order valence-electron chi connectivity index (χ0n) is 16.2. The topological polar surface area (TPSA) is 75.7 Å². The molecule has 152 valence electrons. The predicted molar refractivity (Wildman–Crippen MR) is 105 cm³/mol. The van der Waals surface area contributed by atoms with Gasteiger partial charge in [0.1, 0.15) is 11.6 Å². The highest BCUT2D eigenvalue weighted by molar-refractivity contribution is 7.89. The van der Waals surface area contributed by atoms with Gasteiger partial charge in [0.2, 0.25) is 15.9 Å². The molecule has 0 saturated heterocycles. The van der Waals surface area contributed by atoms with E-state index < -0.39 is 15.9 Å². The minimum Gasteiger partial charge on any atom is -0.494 e. The SMILES string of the molecule is CCOc1ccc(S(=O)(=O)N(CC)CC(=O)N[C@@H](C)c2ccc(F)cc2)cc1. The number of nitrogens with one attached hydrogen (secondary N) is 1. The maximum absolute atomic E-state index is 13.0. The maximum Gasteiger partial charge on any atom is 0.243 e. The number of likely N-dealkylation sites (N-methyl/N-ethyl adjacent to an activating group) is 1. The van der Waals surface area contributed by atoms with Crippen molar-refractivity contribution in [1.29, 1.82) is 0 Å². The first-order valence-electron chi connectivity index (χ1n) is 9.05. The van der Waals surface area contributed by atoms with Gasteiger partial charge in [-0.1, -0.05) is 19.1 Å². The van der Waals surface area contributed by atoms with E-state index in [1.165, 1.54) is 24.3 Å². The number of nitrogens with zero attached hydrogens (tertiary/aromatic N) is 1. The minimum atomic E-state index is -3.82. The lowest BCUT2D eigenvalue weighted by molar-refractivity contribution is -0.121. The molecule has 1 amide bonds. The molecule has 0 aliphatic rings. The van der Waals surface area contributed by atoms with E-state index in [1.807, 2.05) is 6.92 Å². The standard InChI is InChI=1S/C20H25FN2O4S/c1-4-23(28(25,26)19-12-10-18(11-13-19)27-5-2)14-20(24)22-15(3)16-6-8-17(21)9-7-16/h6-13,15H,4-5,14H2,1-3H3,(H,22,24)/t15-/m0/s1. The molecule has 2 aromatic carbocycles. The molecule has 0 aliphatic carbocycles. The van der Waals surface area contributed by atoms with E-state index in [9.17, 15) is 17.6 Å². The molecule has 0 aromatic heterocycles. The average molecular weight is 408 g/mol. The first-order valence-corrected chi connectivity index (χ1v) is 10.5. The van der Waals surface area contributed by atoms with Crippen molar-refractivity contribution in [1.82, 2.24) is 9.62 Å². The van der Waals surface area contributed by atoms with Crippen molar-refractivity contribution in [3.05, 3.63) is 59.9 Å². The number of amides is 1. The summed E-state index contributed by atoms with van der Waals surface area (Å²) in [6.07, 6.45) is 0. The Bertz CT molecular complexity index is 883. The molecule has 0 fully saturated rings. The quantitative estimate of drug-likeness (QED) is 0.692. The van der Waals surface area contributed by atoms with Gasteiger partial charge in [0.15, 0.2) is 0 Å². The highest BCUT2D eigenvalue weighted by atomic mass is 32.2. The van der Waals surface area contributed by atoms with Crippen LogP contribution >= 0.6 is 0 Å². The molecule has 28 heavy (non-hydrogen) atoms. The number of ether oxygens (including phenoxy) is 1. The van der Waals surface area contributed by atoms with Crippen molar-refractivity contribution in [2.24, 2.45) is 0 Å². The number of hydrogen-bond acceptors (Lipinski definition) is 4. The summed E-state index contributed by atoms with van der Waals surface area (Å²) in [5.74, 6) is -0.218. The number of carbonyl (C=O) groups is 1. The Hall–Kier alpha value is -2.45. The van der Waals surface area contributed by atoms with Gasteiger partial charge < -0.3 is 10.1 Å². The van der Waals surface area contributed by atoms with Gasteiger partial charge in [-0.05, 0) is 55.8 Å². The Morgan fingerprint density at radius 3 is 2.25 bits per heavy atom. The van der Waals surface area contributed by atoms with E-state index in [0.717, 1.165) is 9.87 Å². The van der Waals surface area contributed by atoms with Crippen molar-refractivity contribution in [2.45, 2.75) is 31.7 Å². The van der Waals surface area contributed by atoms with Gasteiger partial charge in [0.25, 0.3) is 0 Å². The van der Waals surface area contributed by atoms with Crippen molar-refractivity contribution in [2.75, 3.05) is 19.7 Å². The highest BCUT2D eigenvalue weighted by Gasteiger charge is 2.25. The first kappa shape index (κ1) is 21.8. The maximum atomic E-state index is 13.0. The summed E-state index contributed by atoms with van der Waals surface area (Å²) < 4.78 is 45.1. The van der Waals surface area contributed by atoms with E-state index in [-0.39, 0.29) is 29.8 Å². The Morgan fingerprint density at radius 2 is 1.71 bits per heavy atom. The van der Waals surface area contributed by atoms with Crippen molar-refractivity contribution < 1.29 is 22.3 Å². The smallest absolute Gasteiger partial charge is 0.243 e. The van der Waals surface area contributed by atoms with Crippen LogP contribution in [-0.4, -0.2) is 38.3 Å². The van der Waals surface area contributed by atoms with Gasteiger partial charge in [-0.15, -0.1) is 0 Å². The zero-order chi connectivity index (χ0) is 20.7. The molecule has 2 rings (SSSR count). The molecule has 8 heteroatoms. The largest absolute Gasteiger partial charge is 0.494 e. The van der Waals surface area contributed by atoms with Crippen LogP contribution in [0.5, 0.6) is 5.75 Å². The molecule has 2 aromatic rings. The molecule has 0 radical (unpaired) electrons. The van der Waals surface area contributed by atoms with Crippen LogP contribution in [-0.2, 0) is 14.8 Å². The van der Waals surface area contributed by atoms with Crippen molar-refractivity contribution >= 4 is 15.9 Å². The fourth-order valence-corrected chi connectivity index (χ4v) is 4.08. The second-order valence-corrected chi connectivity index (χ2v) is 8.11. The zero-order valence-corrected chi connectivity index (χ0v) is 17.0. The fourth-order valence-electron chi connectivity index (χ4n) is 2.67. The summed E-state index contributed by atoms with van der Waals surface area (Å²) in [7, 11) is -3.82. The molecule has 0 bridgehead atoms. The van der Waals surface area contributed by atoms with Gasteiger partial charge in [-0.3, -0.25) is 4.79 Å². The lowest BCUT2D eigenvalue weighted by Gasteiger charge is -2.22. The van der Waals surface area contributed by atoms with Crippen LogP contribution in [0.2, 0.25) is 0 Å². The molecule has 1 N–H and O–H groups in total. The third-order valence-corrected chi connectivity index (χ3v) is 6.13. The van der Waals surface area contributed by atoms with Crippen LogP contribution in [0.4, 0.5) is 4.39 Å². The molecule has 1 atom stereocenters. The number of halogens is 1. The minimum absolute atomic E-state index is 0.0946. The third-order valence-electron chi connectivity index (χ3n) is 4.19. The number of hydrogen-bond donors (Lipinski definition) is 1. The molecule has 0 aliphatic heterocycles. The van der Waals surface area contributed by atoms with Gasteiger partial charge in [-0.2, -0.15) is 4.31 Å². The highest BCUT2D eigenvalue weighted by Crippen LogP contribution is 2.20. The van der Waals surface area contributed by atoms with Crippen molar-refractivity contribution in [3.8, 4) is 5.75 Å². The Labute approximate surface area is 165 Å². The number of benzene rings is 2. The second-order valence-electron chi connectivity index (χ2n) is 6.18. The van der Waals surface area contributed by atoms with Gasteiger partial charge in [0, 0.05) is 6.54 Å². The number of sulfonamides is 1. The first-order chi connectivity index (χ1) is 13.3. The number of carbonyl (C=O) groups excluding carboxylic acids is 1. The van der Waals surface area contributed by atoms with E-state index in [0.29, 0.717) is 12.4 Å². The summed E-state index contributed by atoms with van der Waals surface area (Å²) in [6, 6.07) is 11.5. The van der Waals surface area contributed by atoms with Crippen molar-refractivity contribution in [3.63, 3.8) is 0 Å². The molecule has 0 unspecified atom stereocenters. The van der Waals surface area contributed by atoms with Crippen LogP contribution in [0.15, 0.2) is 53.4 Å². The Balaban J connectivity index is 2.06. The van der Waals surface area contributed by atoms with Crippen LogP contribution in [0.25, 0.3) is 0 Å². The van der Waals surface area contributed by atoms with Crippen LogP contribution in [0.3, 0.4) is 0 Å². The monoisotopic (exact) mass is 408 g/mol. The van der Waals surface area contributed by atoms with Crippen LogP contribution in [0.1, 0.15) is 32.4 Å². The summed E-state index contributed by atoms with van der Waals surface area (Å²) in [5.41, 5.74) is 0.729. The van der Waals surface area contributed by atoms with Crippen LogP contribution in [0, 0.1) is 5.82 Å². The van der Waals surface area contributed by atoms with Crippen LogP contribution < -0.4 is 10.1 Å². The summed E-state index contributed by atoms with van der Waals surface area (Å²) in [6.45, 7) is 5.59. The predicted octanol–water partition coefficient (Wildman–Crippen LogP) is 3.11. The Kier molecular flexibility index (Phi) is 7.53. The van der Waals surface area contributed by atoms with E-state index in [1.54, 1.807) is 38.1 Å². The molecular weight excluding hydrogens is 383 g/mol. The lowest BCUT2D eigenvalue weighted by atomic mass is 10.1. The third kappa shape index (κ3) is 5.53. The summed E-state index contributed by atoms with van der Waals surface area (Å²) >= 11 is 0. The molecule has 0 heterocycles. The molecular formula is C20H25FN2O4S. The second kappa shape index (κ2) is 9.66. The fraction of sp³-hybridized carbons (Fsp3) is 0.350. The van der Waals surface area contributed by atoms with E-state index in [4.69, 9.17) is 4.74 Å².